The Hall–Kier alpha value is -2.53. The summed E-state index contributed by atoms with van der Waals surface area (Å²) in [5.41, 5.74) is -0.157. The van der Waals surface area contributed by atoms with Crippen molar-refractivity contribution >= 4 is 17.4 Å². The number of carbonyl (C=O) groups excluding carboxylic acids is 2. The summed E-state index contributed by atoms with van der Waals surface area (Å²) in [5, 5.41) is 11.1. The number of nitrogens with zero attached hydrogens (tertiary/aromatic N) is 2. The number of ketones is 1. The molecule has 0 aliphatic carbocycles. The predicted molar refractivity (Wildman–Crippen MR) is 90.8 cm³/mol. The van der Waals surface area contributed by atoms with Gasteiger partial charge in [0, 0.05) is 30.1 Å². The van der Waals surface area contributed by atoms with Gasteiger partial charge in [0.25, 0.3) is 5.91 Å². The molecule has 0 spiro atoms. The smallest absolute Gasteiger partial charge is 0.264 e. The van der Waals surface area contributed by atoms with Crippen molar-refractivity contribution in [2.75, 3.05) is 11.4 Å². The van der Waals surface area contributed by atoms with Crippen LogP contribution >= 0.6 is 0 Å². The van der Waals surface area contributed by atoms with Crippen molar-refractivity contribution in [2.45, 2.75) is 31.8 Å². The third-order valence-corrected chi connectivity index (χ3v) is 4.39. The molecular formula is C19H20N2O3. The topological polar surface area (TPSA) is 70.5 Å². The standard InChI is InChI=1S/C19H20N2O3/c1-2-3-12-21-16-7-5-4-6-15(16)19(24,18(21)23)13-17(22)14-8-10-20-11-9-14/h4-11,24H,2-3,12-13H2,1H3. The largest absolute Gasteiger partial charge is 0.375 e. The fraction of sp³-hybridized carbons (Fsp3) is 0.316. The minimum Gasteiger partial charge on any atom is -0.375 e. The minimum atomic E-state index is -1.80. The summed E-state index contributed by atoms with van der Waals surface area (Å²) in [6.07, 6.45) is 4.56. The lowest BCUT2D eigenvalue weighted by Gasteiger charge is -2.22. The van der Waals surface area contributed by atoms with Gasteiger partial charge in [0.05, 0.1) is 12.1 Å². The van der Waals surface area contributed by atoms with Crippen molar-refractivity contribution in [3.05, 3.63) is 59.9 Å². The second-order valence-electron chi connectivity index (χ2n) is 6.02. The summed E-state index contributed by atoms with van der Waals surface area (Å²) < 4.78 is 0. The zero-order valence-corrected chi connectivity index (χ0v) is 13.6. The second-order valence-corrected chi connectivity index (χ2v) is 6.02. The zero-order chi connectivity index (χ0) is 17.2. The van der Waals surface area contributed by atoms with Gasteiger partial charge in [0.2, 0.25) is 0 Å². The van der Waals surface area contributed by atoms with Crippen molar-refractivity contribution in [2.24, 2.45) is 0 Å². The predicted octanol–water partition coefficient (Wildman–Crippen LogP) is 2.69. The molecule has 0 saturated heterocycles. The van der Waals surface area contributed by atoms with Crippen molar-refractivity contribution < 1.29 is 14.7 Å². The molecule has 1 amide bonds. The SMILES string of the molecule is CCCCN1C(=O)C(O)(CC(=O)c2ccncc2)c2ccccc21. The van der Waals surface area contributed by atoms with Crippen LogP contribution in [0, 0.1) is 0 Å². The van der Waals surface area contributed by atoms with Crippen LogP contribution in [0.5, 0.6) is 0 Å². The molecular weight excluding hydrogens is 304 g/mol. The van der Waals surface area contributed by atoms with Crippen LogP contribution < -0.4 is 4.90 Å². The Morgan fingerprint density at radius 3 is 2.62 bits per heavy atom. The van der Waals surface area contributed by atoms with E-state index >= 15 is 0 Å². The van der Waals surface area contributed by atoms with Crippen LogP contribution in [0.1, 0.15) is 42.1 Å². The van der Waals surface area contributed by atoms with Gasteiger partial charge in [-0.3, -0.25) is 14.6 Å². The molecule has 1 aliphatic rings. The fourth-order valence-corrected chi connectivity index (χ4v) is 3.09. The van der Waals surface area contributed by atoms with Gasteiger partial charge >= 0.3 is 0 Å². The second kappa shape index (κ2) is 6.53. The van der Waals surface area contributed by atoms with E-state index < -0.39 is 11.5 Å². The molecule has 0 saturated carbocycles. The number of aliphatic hydroxyl groups is 1. The number of anilines is 1. The van der Waals surface area contributed by atoms with Crippen molar-refractivity contribution in [1.29, 1.82) is 0 Å². The molecule has 1 aromatic carbocycles. The zero-order valence-electron chi connectivity index (χ0n) is 13.6. The average molecular weight is 324 g/mol. The van der Waals surface area contributed by atoms with Gasteiger partial charge < -0.3 is 10.0 Å². The highest BCUT2D eigenvalue weighted by molar-refractivity contribution is 6.10. The molecule has 5 nitrogen and oxygen atoms in total. The highest BCUT2D eigenvalue weighted by Gasteiger charge is 2.50. The Kier molecular flexibility index (Phi) is 4.44. The maximum absolute atomic E-state index is 12.9. The molecule has 1 aromatic heterocycles. The quantitative estimate of drug-likeness (QED) is 0.829. The van der Waals surface area contributed by atoms with Crippen molar-refractivity contribution in [3.8, 4) is 0 Å². The maximum Gasteiger partial charge on any atom is 0.264 e. The number of fused-ring (bicyclic) bond motifs is 1. The van der Waals surface area contributed by atoms with Crippen LogP contribution in [0.25, 0.3) is 0 Å². The number of benzene rings is 1. The van der Waals surface area contributed by atoms with Crippen LogP contribution in [0.3, 0.4) is 0 Å². The molecule has 3 rings (SSSR count). The average Bonchev–Trinajstić information content (AvgIpc) is 2.82. The van der Waals surface area contributed by atoms with E-state index in [1.54, 1.807) is 29.2 Å². The number of pyridine rings is 1. The number of aromatic nitrogens is 1. The molecule has 1 unspecified atom stereocenters. The Morgan fingerprint density at radius 2 is 1.92 bits per heavy atom. The first kappa shape index (κ1) is 16.3. The van der Waals surface area contributed by atoms with Gasteiger partial charge in [-0.15, -0.1) is 0 Å². The van der Waals surface area contributed by atoms with Gasteiger partial charge in [0.15, 0.2) is 11.4 Å². The molecule has 1 atom stereocenters. The Bertz CT molecular complexity index is 760. The summed E-state index contributed by atoms with van der Waals surface area (Å²) in [4.78, 5) is 30.9. The number of rotatable bonds is 6. The van der Waals surface area contributed by atoms with Crippen molar-refractivity contribution in [3.63, 3.8) is 0 Å². The molecule has 24 heavy (non-hydrogen) atoms. The van der Waals surface area contributed by atoms with Crippen LogP contribution in [-0.2, 0) is 10.4 Å². The van der Waals surface area contributed by atoms with Gasteiger partial charge in [-0.1, -0.05) is 31.5 Å². The normalized spacial score (nSPS) is 19.4. The van der Waals surface area contributed by atoms with Gasteiger partial charge in [-0.25, -0.2) is 0 Å². The summed E-state index contributed by atoms with van der Waals surface area (Å²) in [6, 6.07) is 10.3. The first-order valence-electron chi connectivity index (χ1n) is 8.15. The van der Waals surface area contributed by atoms with Crippen LogP contribution in [0.4, 0.5) is 5.69 Å². The minimum absolute atomic E-state index is 0.268. The number of para-hydroxylation sites is 1. The van der Waals surface area contributed by atoms with E-state index in [1.165, 1.54) is 12.4 Å². The number of hydrogen-bond acceptors (Lipinski definition) is 4. The number of amides is 1. The Labute approximate surface area is 140 Å². The summed E-state index contributed by atoms with van der Waals surface area (Å²) >= 11 is 0. The third-order valence-electron chi connectivity index (χ3n) is 4.39. The molecule has 2 heterocycles. The van der Waals surface area contributed by atoms with Gasteiger partial charge in [-0.2, -0.15) is 0 Å². The monoisotopic (exact) mass is 324 g/mol. The van der Waals surface area contributed by atoms with Crippen molar-refractivity contribution in [1.82, 2.24) is 4.98 Å². The first-order valence-corrected chi connectivity index (χ1v) is 8.15. The highest BCUT2D eigenvalue weighted by Crippen LogP contribution is 2.42. The molecule has 0 radical (unpaired) electrons. The van der Waals surface area contributed by atoms with E-state index in [-0.39, 0.29) is 12.2 Å². The van der Waals surface area contributed by atoms with Crippen LogP contribution in [-0.4, -0.2) is 28.3 Å². The van der Waals surface area contributed by atoms with E-state index in [0.29, 0.717) is 23.4 Å². The Morgan fingerprint density at radius 1 is 1.21 bits per heavy atom. The molecule has 124 valence electrons. The van der Waals surface area contributed by atoms with E-state index in [0.717, 1.165) is 12.8 Å². The van der Waals surface area contributed by atoms with E-state index in [9.17, 15) is 14.7 Å². The Balaban J connectivity index is 1.94. The number of hydrogen-bond donors (Lipinski definition) is 1. The van der Waals surface area contributed by atoms with E-state index in [2.05, 4.69) is 4.98 Å². The summed E-state index contributed by atoms with van der Waals surface area (Å²) in [7, 11) is 0. The summed E-state index contributed by atoms with van der Waals surface area (Å²) in [6.45, 7) is 2.59. The lowest BCUT2D eigenvalue weighted by Crippen LogP contribution is -2.42. The highest BCUT2D eigenvalue weighted by atomic mass is 16.3. The number of carbonyl (C=O) groups is 2. The lowest BCUT2D eigenvalue weighted by atomic mass is 9.88. The molecule has 1 N–H and O–H groups in total. The molecule has 0 bridgehead atoms. The molecule has 5 heteroatoms. The molecule has 2 aromatic rings. The maximum atomic E-state index is 12.9. The lowest BCUT2D eigenvalue weighted by molar-refractivity contribution is -0.135. The van der Waals surface area contributed by atoms with Gasteiger partial charge in [-0.05, 0) is 24.6 Å². The molecule has 1 aliphatic heterocycles. The number of unbranched alkanes of at least 4 members (excludes halogenated alkanes) is 1. The van der Waals surface area contributed by atoms with Crippen LogP contribution in [0.15, 0.2) is 48.8 Å². The van der Waals surface area contributed by atoms with E-state index in [4.69, 9.17) is 0 Å². The van der Waals surface area contributed by atoms with Crippen LogP contribution in [0.2, 0.25) is 0 Å². The molecule has 0 fully saturated rings. The van der Waals surface area contributed by atoms with Gasteiger partial charge in [0.1, 0.15) is 0 Å². The number of Topliss-reactive ketones (excluding diaryl/α,β-unsaturated/α-hetero) is 1. The van der Waals surface area contributed by atoms with E-state index in [1.807, 2.05) is 19.1 Å². The first-order chi connectivity index (χ1) is 11.6. The third kappa shape index (κ3) is 2.71. The fourth-order valence-electron chi connectivity index (χ4n) is 3.09. The summed E-state index contributed by atoms with van der Waals surface area (Å²) in [5.74, 6) is -0.694.